The summed E-state index contributed by atoms with van der Waals surface area (Å²) in [6.07, 6.45) is 4.65. The molecule has 1 aliphatic rings. The van der Waals surface area contributed by atoms with Crippen molar-refractivity contribution >= 4 is 21.4 Å². The van der Waals surface area contributed by atoms with Gasteiger partial charge in [-0.15, -0.1) is 11.3 Å². The summed E-state index contributed by atoms with van der Waals surface area (Å²) in [6, 6.07) is 0. The monoisotopic (exact) mass is 276 g/mol. The molecule has 7 heteroatoms. The highest BCUT2D eigenvalue weighted by Gasteiger charge is 2.37. The summed E-state index contributed by atoms with van der Waals surface area (Å²) in [7, 11) is -3.55. The first-order chi connectivity index (χ1) is 7.97. The number of hydrogen-bond donors (Lipinski definition) is 2. The van der Waals surface area contributed by atoms with Crippen LogP contribution in [-0.4, -0.2) is 30.7 Å². The molecule has 0 amide bonds. The van der Waals surface area contributed by atoms with Crippen molar-refractivity contribution in [1.29, 1.82) is 0 Å². The average molecular weight is 276 g/mol. The molecule has 2 N–H and O–H groups in total. The number of nitrogens with one attached hydrogen (secondary N) is 1. The van der Waals surface area contributed by atoms with Crippen LogP contribution in [0.3, 0.4) is 0 Å². The molecule has 17 heavy (non-hydrogen) atoms. The summed E-state index contributed by atoms with van der Waals surface area (Å²) in [5.74, 6) is 0. The fourth-order valence-corrected chi connectivity index (χ4v) is 4.70. The Labute approximate surface area is 105 Å². The first-order valence-electron chi connectivity index (χ1n) is 5.55. The van der Waals surface area contributed by atoms with E-state index in [9.17, 15) is 13.5 Å². The van der Waals surface area contributed by atoms with E-state index in [1.807, 2.05) is 0 Å². The van der Waals surface area contributed by atoms with Gasteiger partial charge in [-0.1, -0.05) is 12.8 Å². The van der Waals surface area contributed by atoms with Crippen molar-refractivity contribution in [2.45, 2.75) is 42.4 Å². The number of sulfonamides is 1. The van der Waals surface area contributed by atoms with Crippen molar-refractivity contribution in [2.24, 2.45) is 0 Å². The van der Waals surface area contributed by atoms with Gasteiger partial charge in [-0.25, -0.2) is 18.1 Å². The van der Waals surface area contributed by atoms with Gasteiger partial charge in [0.2, 0.25) is 0 Å². The van der Waals surface area contributed by atoms with Crippen molar-refractivity contribution in [2.75, 3.05) is 6.61 Å². The Balaban J connectivity index is 2.22. The molecular weight excluding hydrogens is 260 g/mol. The number of rotatable bonds is 4. The van der Waals surface area contributed by atoms with Crippen molar-refractivity contribution < 1.29 is 13.5 Å². The number of thiazole rings is 1. The Kier molecular flexibility index (Phi) is 3.53. The first kappa shape index (κ1) is 12.9. The molecule has 1 aromatic rings. The Morgan fingerprint density at radius 1 is 1.53 bits per heavy atom. The molecule has 1 aliphatic carbocycles. The van der Waals surface area contributed by atoms with Gasteiger partial charge < -0.3 is 5.11 Å². The third kappa shape index (κ3) is 2.67. The molecule has 1 aromatic heterocycles. The largest absolute Gasteiger partial charge is 0.394 e. The molecule has 0 unspecified atom stereocenters. The van der Waals surface area contributed by atoms with E-state index in [-0.39, 0.29) is 10.8 Å². The topological polar surface area (TPSA) is 79.3 Å². The molecule has 0 saturated heterocycles. The van der Waals surface area contributed by atoms with Crippen molar-refractivity contribution in [3.8, 4) is 0 Å². The van der Waals surface area contributed by atoms with E-state index in [4.69, 9.17) is 0 Å². The zero-order valence-corrected chi connectivity index (χ0v) is 11.3. The molecule has 1 fully saturated rings. The minimum Gasteiger partial charge on any atom is -0.394 e. The predicted octanol–water partition coefficient (Wildman–Crippen LogP) is 1.03. The average Bonchev–Trinajstić information content (AvgIpc) is 2.87. The lowest BCUT2D eigenvalue weighted by Gasteiger charge is -2.26. The van der Waals surface area contributed by atoms with E-state index < -0.39 is 15.6 Å². The summed E-state index contributed by atoms with van der Waals surface area (Å²) in [6.45, 7) is 1.62. The van der Waals surface area contributed by atoms with Gasteiger partial charge in [0.1, 0.15) is 0 Å². The van der Waals surface area contributed by atoms with Gasteiger partial charge in [0, 0.05) is 0 Å². The molecule has 0 aromatic carbocycles. The molecule has 0 bridgehead atoms. The van der Waals surface area contributed by atoms with Crippen molar-refractivity contribution in [3.63, 3.8) is 0 Å². The zero-order valence-electron chi connectivity index (χ0n) is 9.64. The minimum absolute atomic E-state index is 0.149. The Morgan fingerprint density at radius 2 is 2.18 bits per heavy atom. The fraction of sp³-hybridized carbons (Fsp3) is 0.700. The van der Waals surface area contributed by atoms with Gasteiger partial charge in [-0.3, -0.25) is 0 Å². The lowest BCUT2D eigenvalue weighted by atomic mass is 10.0. The summed E-state index contributed by atoms with van der Waals surface area (Å²) < 4.78 is 27.1. The maximum atomic E-state index is 12.1. The number of aliphatic hydroxyl groups excluding tert-OH is 1. The van der Waals surface area contributed by atoms with Crippen LogP contribution in [0.5, 0.6) is 0 Å². The summed E-state index contributed by atoms with van der Waals surface area (Å²) >= 11 is 1.14. The highest BCUT2D eigenvalue weighted by molar-refractivity contribution is 7.91. The second-order valence-electron chi connectivity index (χ2n) is 4.45. The van der Waals surface area contributed by atoms with Crippen LogP contribution in [-0.2, 0) is 10.0 Å². The van der Waals surface area contributed by atoms with Gasteiger partial charge in [0.05, 0.1) is 23.4 Å². The Hall–Kier alpha value is -0.500. The van der Waals surface area contributed by atoms with E-state index >= 15 is 0 Å². The molecule has 1 heterocycles. The van der Waals surface area contributed by atoms with Gasteiger partial charge in [0.15, 0.2) is 4.21 Å². The number of nitrogens with zero attached hydrogens (tertiary/aromatic N) is 1. The molecule has 0 atom stereocenters. The number of aromatic nitrogens is 1. The van der Waals surface area contributed by atoms with E-state index in [1.54, 1.807) is 6.92 Å². The van der Waals surface area contributed by atoms with E-state index in [0.29, 0.717) is 12.8 Å². The second kappa shape index (κ2) is 4.64. The lowest BCUT2D eigenvalue weighted by Crippen LogP contribution is -2.48. The van der Waals surface area contributed by atoms with E-state index in [2.05, 4.69) is 9.71 Å². The normalized spacial score (nSPS) is 19.6. The third-order valence-electron chi connectivity index (χ3n) is 3.08. The van der Waals surface area contributed by atoms with Crippen molar-refractivity contribution in [3.05, 3.63) is 11.2 Å². The molecule has 0 spiro atoms. The van der Waals surface area contributed by atoms with E-state index in [1.165, 1.54) is 6.20 Å². The molecule has 2 rings (SSSR count). The van der Waals surface area contributed by atoms with Crippen LogP contribution in [0.1, 0.15) is 30.7 Å². The highest BCUT2D eigenvalue weighted by atomic mass is 32.2. The van der Waals surface area contributed by atoms with Crippen LogP contribution in [0.25, 0.3) is 0 Å². The fourth-order valence-electron chi connectivity index (χ4n) is 2.15. The highest BCUT2D eigenvalue weighted by Crippen LogP contribution is 2.31. The minimum atomic E-state index is -3.55. The maximum absolute atomic E-state index is 12.1. The number of aliphatic hydroxyl groups is 1. The van der Waals surface area contributed by atoms with Crippen LogP contribution >= 0.6 is 11.3 Å². The Morgan fingerprint density at radius 3 is 2.65 bits per heavy atom. The van der Waals surface area contributed by atoms with Crippen LogP contribution in [0.4, 0.5) is 0 Å². The van der Waals surface area contributed by atoms with Gasteiger partial charge in [-0.05, 0) is 19.8 Å². The molecule has 96 valence electrons. The van der Waals surface area contributed by atoms with Crippen molar-refractivity contribution in [1.82, 2.24) is 9.71 Å². The second-order valence-corrected chi connectivity index (χ2v) is 7.59. The molecule has 0 aliphatic heterocycles. The van der Waals surface area contributed by atoms with E-state index in [0.717, 1.165) is 29.2 Å². The maximum Gasteiger partial charge on any atom is 0.252 e. The Bertz CT molecular complexity index is 489. The van der Waals surface area contributed by atoms with Crippen LogP contribution in [0.15, 0.2) is 10.4 Å². The standard InChI is InChI=1S/C10H16N2O3S2/c1-8-11-6-9(16-8)17(14,15)12-10(7-13)4-2-3-5-10/h6,12-13H,2-5,7H2,1H3. The SMILES string of the molecule is Cc1ncc(S(=O)(=O)NC2(CO)CCCC2)s1. The summed E-state index contributed by atoms with van der Waals surface area (Å²) in [5, 5.41) is 10.1. The number of hydrogen-bond acceptors (Lipinski definition) is 5. The van der Waals surface area contributed by atoms with Crippen LogP contribution in [0.2, 0.25) is 0 Å². The smallest absolute Gasteiger partial charge is 0.252 e. The quantitative estimate of drug-likeness (QED) is 0.861. The molecule has 0 radical (unpaired) electrons. The lowest BCUT2D eigenvalue weighted by molar-refractivity contribution is 0.185. The van der Waals surface area contributed by atoms with Crippen LogP contribution in [0, 0.1) is 6.92 Å². The van der Waals surface area contributed by atoms with Gasteiger partial charge in [0.25, 0.3) is 10.0 Å². The molecule has 1 saturated carbocycles. The number of aryl methyl sites for hydroxylation is 1. The molecular formula is C10H16N2O3S2. The summed E-state index contributed by atoms with van der Waals surface area (Å²) in [5.41, 5.74) is -0.670. The summed E-state index contributed by atoms with van der Waals surface area (Å²) in [4.78, 5) is 3.94. The van der Waals surface area contributed by atoms with Gasteiger partial charge in [-0.2, -0.15) is 0 Å². The first-order valence-corrected chi connectivity index (χ1v) is 7.85. The predicted molar refractivity (Wildman–Crippen MR) is 65.5 cm³/mol. The molecule has 5 nitrogen and oxygen atoms in total. The van der Waals surface area contributed by atoms with Crippen LogP contribution < -0.4 is 4.72 Å². The zero-order chi connectivity index (χ0) is 12.5. The third-order valence-corrected chi connectivity index (χ3v) is 6.03. The van der Waals surface area contributed by atoms with Gasteiger partial charge >= 0.3 is 0 Å².